The van der Waals surface area contributed by atoms with E-state index in [2.05, 4.69) is 9.62 Å². The fourth-order valence-corrected chi connectivity index (χ4v) is 4.25. The van der Waals surface area contributed by atoms with Crippen molar-refractivity contribution in [2.24, 2.45) is 0 Å². The Balaban J connectivity index is 1.67. The van der Waals surface area contributed by atoms with Crippen LogP contribution in [-0.4, -0.2) is 21.5 Å². The molecule has 2 aromatic carbocycles. The third-order valence-electron chi connectivity index (χ3n) is 4.00. The fourth-order valence-electron chi connectivity index (χ4n) is 2.72. The van der Waals surface area contributed by atoms with Gasteiger partial charge in [-0.3, -0.25) is 0 Å². The van der Waals surface area contributed by atoms with Gasteiger partial charge in [0.1, 0.15) is 4.90 Å². The summed E-state index contributed by atoms with van der Waals surface area (Å²) in [6, 6.07) is 14.5. The van der Waals surface area contributed by atoms with Crippen molar-refractivity contribution in [1.29, 1.82) is 0 Å². The number of nitrogens with one attached hydrogen (secondary N) is 1. The highest BCUT2D eigenvalue weighted by atomic mass is 35.5. The minimum absolute atomic E-state index is 0.107. The van der Waals surface area contributed by atoms with Crippen molar-refractivity contribution in [3.05, 3.63) is 59.1 Å². The highest BCUT2D eigenvalue weighted by molar-refractivity contribution is 7.89. The molecule has 1 aliphatic heterocycles. The van der Waals surface area contributed by atoms with E-state index in [1.807, 2.05) is 24.3 Å². The summed E-state index contributed by atoms with van der Waals surface area (Å²) in [6.45, 7) is 2.44. The number of anilines is 1. The smallest absolute Gasteiger partial charge is 0.242 e. The molecule has 6 heteroatoms. The van der Waals surface area contributed by atoms with Crippen LogP contribution in [0.2, 0.25) is 5.02 Å². The van der Waals surface area contributed by atoms with Crippen LogP contribution in [0, 0.1) is 0 Å². The van der Waals surface area contributed by atoms with E-state index < -0.39 is 10.0 Å². The van der Waals surface area contributed by atoms with Crippen molar-refractivity contribution in [2.75, 3.05) is 18.0 Å². The van der Waals surface area contributed by atoms with E-state index in [4.69, 9.17) is 11.6 Å². The summed E-state index contributed by atoms with van der Waals surface area (Å²) >= 11 is 5.96. The Morgan fingerprint density at radius 3 is 2.30 bits per heavy atom. The average Bonchev–Trinajstić information content (AvgIpc) is 3.08. The van der Waals surface area contributed by atoms with Crippen molar-refractivity contribution in [1.82, 2.24) is 4.72 Å². The molecule has 0 amide bonds. The highest BCUT2D eigenvalue weighted by Crippen LogP contribution is 2.22. The average molecular weight is 351 g/mol. The van der Waals surface area contributed by atoms with E-state index in [9.17, 15) is 8.42 Å². The summed E-state index contributed by atoms with van der Waals surface area (Å²) in [7, 11) is -3.61. The lowest BCUT2D eigenvalue weighted by atomic mass is 10.2. The van der Waals surface area contributed by atoms with E-state index in [1.165, 1.54) is 24.6 Å². The summed E-state index contributed by atoms with van der Waals surface area (Å²) in [6.07, 6.45) is 2.47. The maximum Gasteiger partial charge on any atom is 0.242 e. The molecule has 0 saturated carbocycles. The van der Waals surface area contributed by atoms with Crippen molar-refractivity contribution >= 4 is 27.3 Å². The maximum atomic E-state index is 12.3. The topological polar surface area (TPSA) is 49.4 Å². The van der Waals surface area contributed by atoms with E-state index >= 15 is 0 Å². The summed E-state index contributed by atoms with van der Waals surface area (Å²) in [4.78, 5) is 2.45. The van der Waals surface area contributed by atoms with Gasteiger partial charge in [-0.15, -0.1) is 0 Å². The SMILES string of the molecule is O=S(=O)(NCc1ccc(N2CCCC2)cc1)c1ccccc1Cl. The second-order valence-corrected chi connectivity index (χ2v) is 7.76. The Bertz CT molecular complexity index is 769. The maximum absolute atomic E-state index is 12.3. The van der Waals surface area contributed by atoms with Gasteiger partial charge < -0.3 is 4.90 Å². The number of hydrogen-bond acceptors (Lipinski definition) is 3. The number of nitrogens with zero attached hydrogens (tertiary/aromatic N) is 1. The molecule has 0 radical (unpaired) electrons. The number of hydrogen-bond donors (Lipinski definition) is 1. The molecule has 0 aromatic heterocycles. The van der Waals surface area contributed by atoms with Crippen molar-refractivity contribution in [3.63, 3.8) is 0 Å². The summed E-state index contributed by atoms with van der Waals surface area (Å²) < 4.78 is 27.2. The van der Waals surface area contributed by atoms with Crippen LogP contribution in [0.3, 0.4) is 0 Å². The van der Waals surface area contributed by atoms with Gasteiger partial charge in [-0.1, -0.05) is 35.9 Å². The Morgan fingerprint density at radius 1 is 1.00 bits per heavy atom. The van der Waals surface area contributed by atoms with E-state index in [0.717, 1.165) is 18.7 Å². The molecule has 0 aliphatic carbocycles. The quantitative estimate of drug-likeness (QED) is 0.898. The molecule has 0 unspecified atom stereocenters. The van der Waals surface area contributed by atoms with Gasteiger partial charge in [-0.05, 0) is 42.7 Å². The van der Waals surface area contributed by atoms with Gasteiger partial charge in [0.25, 0.3) is 0 Å². The van der Waals surface area contributed by atoms with Gasteiger partial charge in [0, 0.05) is 25.3 Å². The number of rotatable bonds is 5. The van der Waals surface area contributed by atoms with Gasteiger partial charge in [-0.2, -0.15) is 0 Å². The standard InChI is InChI=1S/C17H19ClN2O2S/c18-16-5-1-2-6-17(16)23(21,22)19-13-14-7-9-15(10-8-14)20-11-3-4-12-20/h1-2,5-10,19H,3-4,11-13H2. The second-order valence-electron chi connectivity index (χ2n) is 5.62. The van der Waals surface area contributed by atoms with Crippen LogP contribution in [0.4, 0.5) is 5.69 Å². The van der Waals surface area contributed by atoms with Crippen molar-refractivity contribution in [2.45, 2.75) is 24.3 Å². The molecule has 23 heavy (non-hydrogen) atoms. The van der Waals surface area contributed by atoms with Crippen LogP contribution < -0.4 is 9.62 Å². The Labute approximate surface area is 142 Å². The molecule has 4 nitrogen and oxygen atoms in total. The zero-order chi connectivity index (χ0) is 16.3. The summed E-state index contributed by atoms with van der Waals surface area (Å²) in [5.74, 6) is 0. The Hall–Kier alpha value is -1.56. The van der Waals surface area contributed by atoms with Crippen LogP contribution >= 0.6 is 11.6 Å². The predicted molar refractivity (Wildman–Crippen MR) is 93.4 cm³/mol. The van der Waals surface area contributed by atoms with Crippen molar-refractivity contribution in [3.8, 4) is 0 Å². The van der Waals surface area contributed by atoms with Crippen LogP contribution in [0.1, 0.15) is 18.4 Å². The minimum atomic E-state index is -3.61. The number of halogens is 1. The first kappa shape index (κ1) is 16.3. The number of benzene rings is 2. The first-order valence-corrected chi connectivity index (χ1v) is 9.50. The second kappa shape index (κ2) is 6.91. The van der Waals surface area contributed by atoms with Gasteiger partial charge in [0.05, 0.1) is 5.02 Å². The van der Waals surface area contributed by atoms with Crippen LogP contribution in [-0.2, 0) is 16.6 Å². The molecular formula is C17H19ClN2O2S. The van der Waals surface area contributed by atoms with Crippen LogP contribution in [0.5, 0.6) is 0 Å². The normalized spacial score (nSPS) is 15.1. The molecule has 3 rings (SSSR count). The van der Waals surface area contributed by atoms with Crippen LogP contribution in [0.15, 0.2) is 53.4 Å². The molecule has 0 spiro atoms. The van der Waals surface area contributed by atoms with Gasteiger partial charge >= 0.3 is 0 Å². The van der Waals surface area contributed by atoms with Crippen molar-refractivity contribution < 1.29 is 8.42 Å². The molecule has 1 heterocycles. The third-order valence-corrected chi connectivity index (χ3v) is 5.90. The highest BCUT2D eigenvalue weighted by Gasteiger charge is 2.17. The van der Waals surface area contributed by atoms with E-state index in [0.29, 0.717) is 0 Å². The lowest BCUT2D eigenvalue weighted by Crippen LogP contribution is -2.23. The lowest BCUT2D eigenvalue weighted by Gasteiger charge is -2.17. The van der Waals surface area contributed by atoms with Gasteiger partial charge in [0.15, 0.2) is 0 Å². The molecule has 1 fully saturated rings. The largest absolute Gasteiger partial charge is 0.372 e. The monoisotopic (exact) mass is 350 g/mol. The summed E-state index contributed by atoms with van der Waals surface area (Å²) in [5, 5.41) is 0.226. The fraction of sp³-hybridized carbons (Fsp3) is 0.294. The lowest BCUT2D eigenvalue weighted by molar-refractivity contribution is 0.581. The van der Waals surface area contributed by atoms with E-state index in [-0.39, 0.29) is 16.5 Å². The number of sulfonamides is 1. The minimum Gasteiger partial charge on any atom is -0.372 e. The Kier molecular flexibility index (Phi) is 4.90. The van der Waals surface area contributed by atoms with Crippen LogP contribution in [0.25, 0.3) is 0 Å². The molecule has 1 aliphatic rings. The predicted octanol–water partition coefficient (Wildman–Crippen LogP) is 3.42. The first-order chi connectivity index (χ1) is 11.1. The van der Waals surface area contributed by atoms with E-state index in [1.54, 1.807) is 18.2 Å². The molecule has 2 aromatic rings. The van der Waals surface area contributed by atoms with Gasteiger partial charge in [-0.25, -0.2) is 13.1 Å². The zero-order valence-electron chi connectivity index (χ0n) is 12.7. The third kappa shape index (κ3) is 3.86. The van der Waals surface area contributed by atoms with Gasteiger partial charge in [0.2, 0.25) is 10.0 Å². The molecule has 0 atom stereocenters. The summed E-state index contributed by atoms with van der Waals surface area (Å²) in [5.41, 5.74) is 2.11. The molecule has 1 saturated heterocycles. The Morgan fingerprint density at radius 2 is 1.65 bits per heavy atom. The molecule has 0 bridgehead atoms. The zero-order valence-corrected chi connectivity index (χ0v) is 14.3. The molecule has 1 N–H and O–H groups in total. The molecular weight excluding hydrogens is 332 g/mol. The first-order valence-electron chi connectivity index (χ1n) is 7.64. The molecule has 122 valence electrons.